The molecule has 0 atom stereocenters. The number of esters is 1. The predicted molar refractivity (Wildman–Crippen MR) is 107 cm³/mol. The van der Waals surface area contributed by atoms with Gasteiger partial charge in [-0.1, -0.05) is 38.4 Å². The molecule has 2 aromatic rings. The quantitative estimate of drug-likeness (QED) is 0.708. The Bertz CT molecular complexity index is 869. The lowest BCUT2D eigenvalue weighted by molar-refractivity contribution is 0.0378. The van der Waals surface area contributed by atoms with Crippen LogP contribution in [0.5, 0.6) is 5.75 Å². The first kappa shape index (κ1) is 20.8. The van der Waals surface area contributed by atoms with E-state index in [1.165, 1.54) is 24.3 Å². The fourth-order valence-corrected chi connectivity index (χ4v) is 2.63. The lowest BCUT2D eigenvalue weighted by Crippen LogP contribution is -2.16. The first-order chi connectivity index (χ1) is 12.5. The number of hydrogen-bond donors (Lipinski definition) is 2. The summed E-state index contributed by atoms with van der Waals surface area (Å²) in [6.45, 7) is 9.57. The topological polar surface area (TPSA) is 75.6 Å². The number of rotatable bonds is 4. The van der Waals surface area contributed by atoms with Gasteiger partial charge in [-0.3, -0.25) is 4.79 Å². The molecule has 2 N–H and O–H groups in total. The zero-order chi connectivity index (χ0) is 20.4. The van der Waals surface area contributed by atoms with Gasteiger partial charge in [-0.05, 0) is 55.2 Å². The second kappa shape index (κ2) is 8.01. The molecule has 0 aliphatic rings. The number of nitrogens with one attached hydrogen (secondary N) is 1. The Morgan fingerprint density at radius 2 is 1.78 bits per heavy atom. The summed E-state index contributed by atoms with van der Waals surface area (Å²) >= 11 is 6.20. The minimum Gasteiger partial charge on any atom is -0.507 e. The zero-order valence-corrected chi connectivity index (χ0v) is 16.8. The largest absolute Gasteiger partial charge is 0.507 e. The Morgan fingerprint density at radius 3 is 2.33 bits per heavy atom. The van der Waals surface area contributed by atoms with Crippen molar-refractivity contribution in [2.45, 2.75) is 46.1 Å². The number of ether oxygens (including phenoxy) is 1. The number of amides is 1. The predicted octanol–water partition coefficient (Wildman–Crippen LogP) is 5.16. The molecule has 0 spiro atoms. The maximum absolute atomic E-state index is 12.6. The Hall–Kier alpha value is -2.53. The minimum absolute atomic E-state index is 0.117. The summed E-state index contributed by atoms with van der Waals surface area (Å²) in [6.07, 6.45) is -0.242. The summed E-state index contributed by atoms with van der Waals surface area (Å²) in [5.74, 6) is -1.09. The molecule has 144 valence electrons. The Balaban J connectivity index is 2.25. The van der Waals surface area contributed by atoms with Gasteiger partial charge in [0.2, 0.25) is 0 Å². The van der Waals surface area contributed by atoms with Gasteiger partial charge in [-0.2, -0.15) is 0 Å². The monoisotopic (exact) mass is 389 g/mol. The number of phenolic OH excluding ortho intramolecular Hbond substituents is 1. The molecule has 0 fully saturated rings. The SMILES string of the molecule is CC(C)OC(=O)c1ccc(NC(=O)c2cc(C(C)(C)C)ccc2O)c(Cl)c1. The van der Waals surface area contributed by atoms with Gasteiger partial charge in [-0.25, -0.2) is 4.79 Å². The molecule has 27 heavy (non-hydrogen) atoms. The van der Waals surface area contributed by atoms with Crippen LogP contribution < -0.4 is 5.32 Å². The molecule has 2 aromatic carbocycles. The first-order valence-electron chi connectivity index (χ1n) is 8.64. The smallest absolute Gasteiger partial charge is 0.338 e. The molecule has 0 saturated heterocycles. The Kier molecular flexibility index (Phi) is 6.16. The fourth-order valence-electron chi connectivity index (χ4n) is 2.40. The van der Waals surface area contributed by atoms with Gasteiger partial charge in [0.15, 0.2) is 0 Å². The second-order valence-corrected chi connectivity index (χ2v) is 7.99. The summed E-state index contributed by atoms with van der Waals surface area (Å²) in [6, 6.07) is 9.44. The van der Waals surface area contributed by atoms with Crippen molar-refractivity contribution in [3.63, 3.8) is 0 Å². The number of benzene rings is 2. The fraction of sp³-hybridized carbons (Fsp3) is 0.333. The number of aromatic hydroxyl groups is 1. The van der Waals surface area contributed by atoms with E-state index in [4.69, 9.17) is 16.3 Å². The van der Waals surface area contributed by atoms with Crippen molar-refractivity contribution in [3.8, 4) is 5.75 Å². The molecule has 0 aromatic heterocycles. The zero-order valence-electron chi connectivity index (χ0n) is 16.1. The summed E-state index contributed by atoms with van der Waals surface area (Å²) < 4.78 is 5.12. The summed E-state index contributed by atoms with van der Waals surface area (Å²) in [5, 5.41) is 12.9. The highest BCUT2D eigenvalue weighted by Gasteiger charge is 2.20. The van der Waals surface area contributed by atoms with Crippen LogP contribution >= 0.6 is 11.6 Å². The summed E-state index contributed by atoms with van der Waals surface area (Å²) in [5.41, 5.74) is 1.54. The van der Waals surface area contributed by atoms with E-state index in [-0.39, 0.29) is 27.9 Å². The van der Waals surface area contributed by atoms with Crippen molar-refractivity contribution in [2.24, 2.45) is 0 Å². The molecule has 0 aliphatic heterocycles. The van der Waals surface area contributed by atoms with Crippen molar-refractivity contribution in [2.75, 3.05) is 5.32 Å². The van der Waals surface area contributed by atoms with E-state index in [1.54, 1.807) is 26.0 Å². The molecule has 0 bridgehead atoms. The molecule has 0 aliphatic carbocycles. The van der Waals surface area contributed by atoms with Crippen molar-refractivity contribution in [1.29, 1.82) is 0 Å². The van der Waals surface area contributed by atoms with Crippen molar-refractivity contribution in [1.82, 2.24) is 0 Å². The average molecular weight is 390 g/mol. The third-order valence-electron chi connectivity index (χ3n) is 3.90. The lowest BCUT2D eigenvalue weighted by Gasteiger charge is -2.20. The van der Waals surface area contributed by atoms with Gasteiger partial charge in [0, 0.05) is 0 Å². The van der Waals surface area contributed by atoms with E-state index in [2.05, 4.69) is 5.32 Å². The van der Waals surface area contributed by atoms with Crippen LogP contribution in [0.2, 0.25) is 5.02 Å². The molecule has 2 rings (SSSR count). The minimum atomic E-state index is -0.488. The van der Waals surface area contributed by atoms with E-state index in [9.17, 15) is 14.7 Å². The van der Waals surface area contributed by atoms with Gasteiger partial charge < -0.3 is 15.2 Å². The number of halogens is 1. The molecule has 0 saturated carbocycles. The van der Waals surface area contributed by atoms with Gasteiger partial charge in [0.1, 0.15) is 5.75 Å². The van der Waals surface area contributed by atoms with Gasteiger partial charge in [0.25, 0.3) is 5.91 Å². The van der Waals surface area contributed by atoms with Crippen LogP contribution in [0.1, 0.15) is 60.9 Å². The Labute approximate surface area is 164 Å². The number of hydrogen-bond acceptors (Lipinski definition) is 4. The highest BCUT2D eigenvalue weighted by Crippen LogP contribution is 2.29. The third-order valence-corrected chi connectivity index (χ3v) is 4.22. The van der Waals surface area contributed by atoms with Crippen LogP contribution in [0.15, 0.2) is 36.4 Å². The van der Waals surface area contributed by atoms with E-state index in [0.717, 1.165) is 5.56 Å². The molecule has 1 amide bonds. The van der Waals surface area contributed by atoms with Crippen LogP contribution in [0.25, 0.3) is 0 Å². The molecular weight excluding hydrogens is 366 g/mol. The molecule has 0 heterocycles. The maximum atomic E-state index is 12.6. The maximum Gasteiger partial charge on any atom is 0.338 e. The molecular formula is C21H24ClNO4. The van der Waals surface area contributed by atoms with E-state index in [0.29, 0.717) is 11.3 Å². The van der Waals surface area contributed by atoms with Crippen LogP contribution in [-0.2, 0) is 10.2 Å². The number of phenols is 1. The van der Waals surface area contributed by atoms with Crippen molar-refractivity contribution >= 4 is 29.2 Å². The summed E-state index contributed by atoms with van der Waals surface area (Å²) in [7, 11) is 0. The highest BCUT2D eigenvalue weighted by molar-refractivity contribution is 6.34. The van der Waals surface area contributed by atoms with E-state index >= 15 is 0 Å². The third kappa shape index (κ3) is 5.23. The summed E-state index contributed by atoms with van der Waals surface area (Å²) in [4.78, 5) is 24.5. The molecule has 6 heteroatoms. The van der Waals surface area contributed by atoms with Crippen molar-refractivity contribution < 1.29 is 19.4 Å². The van der Waals surface area contributed by atoms with Gasteiger partial charge >= 0.3 is 5.97 Å². The van der Waals surface area contributed by atoms with E-state index < -0.39 is 11.9 Å². The first-order valence-corrected chi connectivity index (χ1v) is 9.02. The Morgan fingerprint density at radius 1 is 1.11 bits per heavy atom. The lowest BCUT2D eigenvalue weighted by atomic mass is 9.86. The van der Waals surface area contributed by atoms with Crippen LogP contribution in [0.4, 0.5) is 5.69 Å². The molecule has 0 radical (unpaired) electrons. The van der Waals surface area contributed by atoms with Crippen LogP contribution in [-0.4, -0.2) is 23.1 Å². The van der Waals surface area contributed by atoms with Crippen LogP contribution in [0.3, 0.4) is 0 Å². The van der Waals surface area contributed by atoms with Gasteiger partial charge in [-0.15, -0.1) is 0 Å². The number of carbonyl (C=O) groups is 2. The number of carbonyl (C=O) groups excluding carboxylic acids is 2. The van der Waals surface area contributed by atoms with Crippen molar-refractivity contribution in [3.05, 3.63) is 58.1 Å². The normalized spacial score (nSPS) is 11.4. The number of anilines is 1. The molecule has 5 nitrogen and oxygen atoms in total. The highest BCUT2D eigenvalue weighted by atomic mass is 35.5. The van der Waals surface area contributed by atoms with Gasteiger partial charge in [0.05, 0.1) is 27.9 Å². The van der Waals surface area contributed by atoms with Crippen LogP contribution in [0, 0.1) is 0 Å². The average Bonchev–Trinajstić information content (AvgIpc) is 2.55. The second-order valence-electron chi connectivity index (χ2n) is 7.58. The standard InChI is InChI=1S/C21H24ClNO4/c1-12(2)27-20(26)13-6-8-17(16(22)10-13)23-19(25)15-11-14(21(3,4)5)7-9-18(15)24/h6-12,24H,1-5H3,(H,23,25). The van der Waals surface area contributed by atoms with E-state index in [1.807, 2.05) is 20.8 Å². The molecule has 0 unspecified atom stereocenters.